The van der Waals surface area contributed by atoms with Crippen molar-refractivity contribution in [3.63, 3.8) is 0 Å². The van der Waals surface area contributed by atoms with Crippen LogP contribution in [0, 0.1) is 0 Å². The Morgan fingerprint density at radius 1 is 1.17 bits per heavy atom. The smallest absolute Gasteiger partial charge is 0.149 e. The fourth-order valence-electron chi connectivity index (χ4n) is 1.29. The van der Waals surface area contributed by atoms with Gasteiger partial charge in [-0.05, 0) is 34.1 Å². The van der Waals surface area contributed by atoms with Crippen molar-refractivity contribution in [2.45, 2.75) is 0 Å². The van der Waals surface area contributed by atoms with Crippen molar-refractivity contribution in [3.8, 4) is 0 Å². The normalized spacial score (nSPS) is 10.4. The summed E-state index contributed by atoms with van der Waals surface area (Å²) in [5.41, 5.74) is 6.67. The molecule has 0 aliphatic carbocycles. The summed E-state index contributed by atoms with van der Waals surface area (Å²) >= 11 is 21.4. The van der Waals surface area contributed by atoms with E-state index in [1.807, 2.05) is 0 Å². The van der Waals surface area contributed by atoms with E-state index in [1.54, 1.807) is 18.2 Å². The van der Waals surface area contributed by atoms with Gasteiger partial charge in [-0.15, -0.1) is 0 Å². The standard InChI is InChI=1S/C11H7BrCl3N3/c12-6-1-2-8(10(15)9(6)14)18-11-7(13)3-5(16)4-17-11/h1-4H,16H2,(H,17,18). The Bertz CT molecular complexity index is 604. The van der Waals surface area contributed by atoms with Gasteiger partial charge in [0.1, 0.15) is 5.82 Å². The molecule has 1 heterocycles. The number of halogens is 4. The molecule has 3 N–H and O–H groups in total. The molecule has 2 aromatic rings. The summed E-state index contributed by atoms with van der Waals surface area (Å²) in [7, 11) is 0. The van der Waals surface area contributed by atoms with Crippen molar-refractivity contribution in [2.75, 3.05) is 11.1 Å². The van der Waals surface area contributed by atoms with Crippen LogP contribution in [0.1, 0.15) is 0 Å². The maximum atomic E-state index is 6.11. The predicted octanol–water partition coefficient (Wildman–Crippen LogP) is 5.13. The second-order valence-electron chi connectivity index (χ2n) is 3.45. The number of nitrogen functional groups attached to an aromatic ring is 1. The van der Waals surface area contributed by atoms with Gasteiger partial charge in [-0.25, -0.2) is 4.98 Å². The van der Waals surface area contributed by atoms with E-state index in [0.29, 0.717) is 32.3 Å². The molecule has 0 bridgehead atoms. The van der Waals surface area contributed by atoms with Crippen molar-refractivity contribution in [1.82, 2.24) is 4.98 Å². The average Bonchev–Trinajstić information content (AvgIpc) is 2.33. The Hall–Kier alpha value is -0.680. The first-order valence-electron chi connectivity index (χ1n) is 4.80. The number of nitrogens with zero attached hydrogens (tertiary/aromatic N) is 1. The van der Waals surface area contributed by atoms with Crippen LogP contribution in [0.3, 0.4) is 0 Å². The lowest BCUT2D eigenvalue weighted by Gasteiger charge is -2.11. The molecule has 0 atom stereocenters. The molecule has 0 amide bonds. The van der Waals surface area contributed by atoms with Gasteiger partial charge >= 0.3 is 0 Å². The minimum absolute atomic E-state index is 0.390. The topological polar surface area (TPSA) is 50.9 Å². The zero-order valence-electron chi connectivity index (χ0n) is 8.85. The molecule has 3 nitrogen and oxygen atoms in total. The van der Waals surface area contributed by atoms with Crippen LogP contribution in [-0.2, 0) is 0 Å². The molecule has 7 heteroatoms. The number of pyridine rings is 1. The van der Waals surface area contributed by atoms with E-state index < -0.39 is 0 Å². The van der Waals surface area contributed by atoms with E-state index in [4.69, 9.17) is 40.5 Å². The van der Waals surface area contributed by atoms with Gasteiger partial charge in [-0.1, -0.05) is 34.8 Å². The number of anilines is 3. The summed E-state index contributed by atoms with van der Waals surface area (Å²) in [6.45, 7) is 0. The largest absolute Gasteiger partial charge is 0.397 e. The molecule has 0 radical (unpaired) electrons. The van der Waals surface area contributed by atoms with Gasteiger partial charge in [0.15, 0.2) is 0 Å². The third-order valence-corrected chi connectivity index (χ3v) is 4.21. The summed E-state index contributed by atoms with van der Waals surface area (Å²) in [5.74, 6) is 0.464. The number of nitrogens with two attached hydrogens (primary N) is 1. The monoisotopic (exact) mass is 365 g/mol. The summed E-state index contributed by atoms with van der Waals surface area (Å²) in [6, 6.07) is 5.15. The highest BCUT2D eigenvalue weighted by atomic mass is 79.9. The van der Waals surface area contributed by atoms with Crippen LogP contribution < -0.4 is 11.1 Å². The number of benzene rings is 1. The lowest BCUT2D eigenvalue weighted by atomic mass is 10.3. The molecule has 0 fully saturated rings. The first kappa shape index (κ1) is 13.7. The molecule has 0 aliphatic heterocycles. The van der Waals surface area contributed by atoms with Crippen molar-refractivity contribution < 1.29 is 0 Å². The van der Waals surface area contributed by atoms with Crippen LogP contribution in [-0.4, -0.2) is 4.98 Å². The molecule has 1 aromatic carbocycles. The Kier molecular flexibility index (Phi) is 4.22. The van der Waals surface area contributed by atoms with Gasteiger partial charge in [-0.3, -0.25) is 0 Å². The van der Waals surface area contributed by atoms with Gasteiger partial charge in [-0.2, -0.15) is 0 Å². The second-order valence-corrected chi connectivity index (χ2v) is 5.46. The fourth-order valence-corrected chi connectivity index (χ4v) is 2.34. The quantitative estimate of drug-likeness (QED) is 0.724. The molecular formula is C11H7BrCl3N3. The maximum Gasteiger partial charge on any atom is 0.149 e. The highest BCUT2D eigenvalue weighted by molar-refractivity contribution is 9.10. The summed E-state index contributed by atoms with van der Waals surface area (Å²) in [6.07, 6.45) is 1.50. The van der Waals surface area contributed by atoms with Crippen molar-refractivity contribution >= 4 is 67.9 Å². The highest BCUT2D eigenvalue weighted by Crippen LogP contribution is 2.37. The summed E-state index contributed by atoms with van der Waals surface area (Å²) < 4.78 is 0.719. The Morgan fingerprint density at radius 3 is 2.56 bits per heavy atom. The Morgan fingerprint density at radius 2 is 1.89 bits per heavy atom. The van der Waals surface area contributed by atoms with Crippen LogP contribution in [0.15, 0.2) is 28.9 Å². The van der Waals surface area contributed by atoms with E-state index in [1.165, 1.54) is 6.20 Å². The van der Waals surface area contributed by atoms with Crippen LogP contribution >= 0.6 is 50.7 Å². The number of hydrogen-bond donors (Lipinski definition) is 2. The minimum Gasteiger partial charge on any atom is -0.397 e. The number of hydrogen-bond acceptors (Lipinski definition) is 3. The number of nitrogens with one attached hydrogen (secondary N) is 1. The zero-order valence-corrected chi connectivity index (χ0v) is 12.7. The number of aromatic nitrogens is 1. The van der Waals surface area contributed by atoms with Gasteiger partial charge in [0.25, 0.3) is 0 Å². The SMILES string of the molecule is Nc1cnc(Nc2ccc(Br)c(Cl)c2Cl)c(Cl)c1. The first-order chi connectivity index (χ1) is 8.49. The molecule has 0 saturated heterocycles. The molecule has 2 rings (SSSR count). The summed E-state index contributed by atoms with van der Waals surface area (Å²) in [4.78, 5) is 4.08. The van der Waals surface area contributed by atoms with Crippen LogP contribution in [0.4, 0.5) is 17.2 Å². The molecule has 0 unspecified atom stereocenters. The molecule has 0 saturated carbocycles. The number of rotatable bonds is 2. The van der Waals surface area contributed by atoms with Crippen molar-refractivity contribution in [3.05, 3.63) is 43.9 Å². The molecule has 18 heavy (non-hydrogen) atoms. The van der Waals surface area contributed by atoms with E-state index in [0.717, 1.165) is 4.47 Å². The third-order valence-electron chi connectivity index (χ3n) is 2.15. The maximum absolute atomic E-state index is 6.11. The Balaban J connectivity index is 2.37. The summed E-state index contributed by atoms with van der Waals surface area (Å²) in [5, 5.41) is 4.22. The molecule has 0 aliphatic rings. The van der Waals surface area contributed by atoms with Crippen molar-refractivity contribution in [1.29, 1.82) is 0 Å². The van der Waals surface area contributed by atoms with E-state index in [9.17, 15) is 0 Å². The average molecular weight is 367 g/mol. The van der Waals surface area contributed by atoms with Gasteiger partial charge in [0.2, 0.25) is 0 Å². The lowest BCUT2D eigenvalue weighted by molar-refractivity contribution is 1.31. The molecule has 94 valence electrons. The van der Waals surface area contributed by atoms with Gasteiger partial charge in [0, 0.05) is 4.47 Å². The van der Waals surface area contributed by atoms with Crippen LogP contribution in [0.25, 0.3) is 0 Å². The fraction of sp³-hybridized carbons (Fsp3) is 0. The lowest BCUT2D eigenvalue weighted by Crippen LogP contribution is -1.97. The van der Waals surface area contributed by atoms with Gasteiger partial charge in [0.05, 0.1) is 32.6 Å². The highest BCUT2D eigenvalue weighted by Gasteiger charge is 2.10. The molecular weight excluding hydrogens is 360 g/mol. The van der Waals surface area contributed by atoms with E-state index in [2.05, 4.69) is 26.2 Å². The zero-order chi connectivity index (χ0) is 13.3. The minimum atomic E-state index is 0.390. The van der Waals surface area contributed by atoms with Crippen molar-refractivity contribution in [2.24, 2.45) is 0 Å². The Labute approximate surface area is 127 Å². The molecule has 0 spiro atoms. The molecule has 1 aromatic heterocycles. The third kappa shape index (κ3) is 2.83. The van der Waals surface area contributed by atoms with E-state index >= 15 is 0 Å². The predicted molar refractivity (Wildman–Crippen MR) is 81.1 cm³/mol. The van der Waals surface area contributed by atoms with Crippen LogP contribution in [0.2, 0.25) is 15.1 Å². The van der Waals surface area contributed by atoms with Crippen LogP contribution in [0.5, 0.6) is 0 Å². The van der Waals surface area contributed by atoms with Gasteiger partial charge < -0.3 is 11.1 Å². The first-order valence-corrected chi connectivity index (χ1v) is 6.73. The second kappa shape index (κ2) is 5.53. The van der Waals surface area contributed by atoms with E-state index in [-0.39, 0.29) is 0 Å².